The Hall–Kier alpha value is -0.955. The summed E-state index contributed by atoms with van der Waals surface area (Å²) in [6.45, 7) is 2.47. The van der Waals surface area contributed by atoms with Crippen molar-refractivity contribution in [1.29, 1.82) is 0 Å². The molecular formula is C15H23BO2. The normalized spacial score (nSPS) is 18.1. The molecule has 0 radical (unpaired) electrons. The topological polar surface area (TPSA) is 29.5 Å². The van der Waals surface area contributed by atoms with Gasteiger partial charge in [-0.25, -0.2) is 0 Å². The van der Waals surface area contributed by atoms with Crippen molar-refractivity contribution in [3.05, 3.63) is 29.8 Å². The van der Waals surface area contributed by atoms with Crippen molar-refractivity contribution in [1.82, 2.24) is 0 Å². The maximum absolute atomic E-state index is 9.99. The Bertz CT molecular complexity index is 344. The van der Waals surface area contributed by atoms with Gasteiger partial charge in [-0.15, -0.1) is 0 Å². The molecule has 1 heterocycles. The Labute approximate surface area is 111 Å². The maximum Gasteiger partial charge on any atom is 0.120 e. The summed E-state index contributed by atoms with van der Waals surface area (Å²) in [6.07, 6.45) is 5.79. The minimum Gasteiger partial charge on any atom is -0.491 e. The molecule has 1 saturated heterocycles. The molecule has 2 nitrogen and oxygen atoms in total. The average Bonchev–Trinajstić information content (AvgIpc) is 2.39. The molecule has 0 spiro atoms. The van der Waals surface area contributed by atoms with Crippen LogP contribution in [-0.2, 0) is 0 Å². The van der Waals surface area contributed by atoms with Gasteiger partial charge in [-0.1, -0.05) is 43.2 Å². The minimum absolute atomic E-state index is 0.325. The molecule has 0 aromatic heterocycles. The smallest absolute Gasteiger partial charge is 0.120 e. The number of hydrogen-bond acceptors (Lipinski definition) is 2. The van der Waals surface area contributed by atoms with E-state index in [1.165, 1.54) is 38.3 Å². The van der Waals surface area contributed by atoms with Crippen molar-refractivity contribution in [2.75, 3.05) is 6.61 Å². The van der Waals surface area contributed by atoms with Gasteiger partial charge in [0.25, 0.3) is 0 Å². The molecule has 1 aromatic carbocycles. The van der Waals surface area contributed by atoms with Crippen molar-refractivity contribution >= 4 is 7.28 Å². The standard InChI is InChI=1S/C15H23BO2/c1-12-2-4-15(5-3-12)18-11-14(17)10-13-6-8-16-9-7-13/h2-5,13-14,16-17H,6-11H2,1H3. The van der Waals surface area contributed by atoms with Crippen LogP contribution in [0.3, 0.4) is 0 Å². The van der Waals surface area contributed by atoms with E-state index in [2.05, 4.69) is 6.92 Å². The van der Waals surface area contributed by atoms with Crippen LogP contribution in [0.2, 0.25) is 12.6 Å². The van der Waals surface area contributed by atoms with Gasteiger partial charge in [0, 0.05) is 0 Å². The summed E-state index contributed by atoms with van der Waals surface area (Å²) in [7, 11) is 1.37. The number of ether oxygens (including phenoxy) is 1. The van der Waals surface area contributed by atoms with Crippen LogP contribution in [0.15, 0.2) is 24.3 Å². The predicted molar refractivity (Wildman–Crippen MR) is 76.8 cm³/mol. The summed E-state index contributed by atoms with van der Waals surface area (Å²) < 4.78 is 5.61. The lowest BCUT2D eigenvalue weighted by molar-refractivity contribution is 0.0828. The van der Waals surface area contributed by atoms with E-state index in [1.807, 2.05) is 24.3 Å². The molecule has 1 aliphatic heterocycles. The van der Waals surface area contributed by atoms with Crippen LogP contribution >= 0.6 is 0 Å². The van der Waals surface area contributed by atoms with Crippen molar-refractivity contribution < 1.29 is 9.84 Å². The van der Waals surface area contributed by atoms with Crippen LogP contribution in [0.1, 0.15) is 24.8 Å². The molecule has 0 bridgehead atoms. The van der Waals surface area contributed by atoms with Gasteiger partial charge in [0.2, 0.25) is 0 Å². The zero-order valence-electron chi connectivity index (χ0n) is 11.3. The third-order valence-corrected chi connectivity index (χ3v) is 3.79. The van der Waals surface area contributed by atoms with E-state index in [-0.39, 0.29) is 6.10 Å². The first-order chi connectivity index (χ1) is 8.74. The summed E-state index contributed by atoms with van der Waals surface area (Å²) in [6, 6.07) is 7.98. The molecule has 0 amide bonds. The fraction of sp³-hybridized carbons (Fsp3) is 0.600. The fourth-order valence-corrected chi connectivity index (χ4v) is 2.70. The molecule has 1 aliphatic rings. The van der Waals surface area contributed by atoms with E-state index in [0.29, 0.717) is 12.5 Å². The molecule has 1 aromatic rings. The molecule has 0 saturated carbocycles. The van der Waals surface area contributed by atoms with Gasteiger partial charge >= 0.3 is 0 Å². The Kier molecular flexibility index (Phi) is 5.12. The third kappa shape index (κ3) is 4.38. The monoisotopic (exact) mass is 246 g/mol. The van der Waals surface area contributed by atoms with Crippen molar-refractivity contribution in [2.45, 2.75) is 44.9 Å². The fourth-order valence-electron chi connectivity index (χ4n) is 2.70. The van der Waals surface area contributed by atoms with Gasteiger partial charge in [0.1, 0.15) is 19.6 Å². The zero-order valence-corrected chi connectivity index (χ0v) is 11.3. The molecule has 0 aliphatic carbocycles. The SMILES string of the molecule is Cc1ccc(OCC(O)CC2CCBCC2)cc1. The Morgan fingerprint density at radius 3 is 2.61 bits per heavy atom. The number of benzene rings is 1. The van der Waals surface area contributed by atoms with Crippen LogP contribution in [0, 0.1) is 12.8 Å². The highest BCUT2D eigenvalue weighted by atomic mass is 16.5. The Balaban J connectivity index is 1.70. The van der Waals surface area contributed by atoms with Gasteiger partial charge in [0.15, 0.2) is 0 Å². The first kappa shape index (κ1) is 13.5. The van der Waals surface area contributed by atoms with Crippen LogP contribution in [0.4, 0.5) is 0 Å². The lowest BCUT2D eigenvalue weighted by atomic mass is 9.61. The van der Waals surface area contributed by atoms with Crippen LogP contribution in [0.5, 0.6) is 5.75 Å². The van der Waals surface area contributed by atoms with Gasteiger partial charge in [-0.05, 0) is 31.4 Å². The maximum atomic E-state index is 9.99. The van der Waals surface area contributed by atoms with Gasteiger partial charge in [-0.3, -0.25) is 0 Å². The molecule has 1 N–H and O–H groups in total. The van der Waals surface area contributed by atoms with Gasteiger partial charge in [0.05, 0.1) is 6.10 Å². The average molecular weight is 246 g/mol. The summed E-state index contributed by atoms with van der Waals surface area (Å²) in [4.78, 5) is 0. The van der Waals surface area contributed by atoms with Gasteiger partial charge < -0.3 is 9.84 Å². The molecule has 2 rings (SSSR count). The minimum atomic E-state index is -0.325. The Morgan fingerprint density at radius 1 is 1.28 bits per heavy atom. The number of aryl methyl sites for hydroxylation is 1. The highest BCUT2D eigenvalue weighted by Gasteiger charge is 2.18. The van der Waals surface area contributed by atoms with Crippen molar-refractivity contribution in [2.24, 2.45) is 5.92 Å². The van der Waals surface area contributed by atoms with E-state index in [4.69, 9.17) is 4.74 Å². The second kappa shape index (κ2) is 6.84. The van der Waals surface area contributed by atoms with Crippen molar-refractivity contribution in [3.63, 3.8) is 0 Å². The van der Waals surface area contributed by atoms with Gasteiger partial charge in [-0.2, -0.15) is 0 Å². The summed E-state index contributed by atoms with van der Waals surface area (Å²) in [5, 5.41) is 9.99. The first-order valence-corrected chi connectivity index (χ1v) is 7.11. The summed E-state index contributed by atoms with van der Waals surface area (Å²) >= 11 is 0. The number of aliphatic hydroxyl groups is 1. The van der Waals surface area contributed by atoms with Crippen molar-refractivity contribution in [3.8, 4) is 5.75 Å². The lowest BCUT2D eigenvalue weighted by Crippen LogP contribution is -2.23. The van der Waals surface area contributed by atoms with E-state index < -0.39 is 0 Å². The molecule has 1 unspecified atom stereocenters. The summed E-state index contributed by atoms with van der Waals surface area (Å²) in [5.41, 5.74) is 1.23. The molecule has 1 fully saturated rings. The van der Waals surface area contributed by atoms with Crippen LogP contribution in [-0.4, -0.2) is 25.1 Å². The molecule has 3 heteroatoms. The second-order valence-corrected chi connectivity index (χ2v) is 5.52. The second-order valence-electron chi connectivity index (χ2n) is 5.52. The quantitative estimate of drug-likeness (QED) is 0.809. The molecular weight excluding hydrogens is 223 g/mol. The number of hydrogen-bond donors (Lipinski definition) is 1. The Morgan fingerprint density at radius 2 is 1.94 bits per heavy atom. The van der Waals surface area contributed by atoms with Crippen LogP contribution < -0.4 is 4.74 Å². The van der Waals surface area contributed by atoms with E-state index >= 15 is 0 Å². The third-order valence-electron chi connectivity index (χ3n) is 3.79. The molecule has 98 valence electrons. The van der Waals surface area contributed by atoms with E-state index in [1.54, 1.807) is 0 Å². The highest BCUT2D eigenvalue weighted by Crippen LogP contribution is 2.25. The number of aliphatic hydroxyl groups excluding tert-OH is 1. The van der Waals surface area contributed by atoms with E-state index in [0.717, 1.165) is 12.2 Å². The zero-order chi connectivity index (χ0) is 12.8. The van der Waals surface area contributed by atoms with E-state index in [9.17, 15) is 5.11 Å². The number of rotatable bonds is 5. The lowest BCUT2D eigenvalue weighted by Gasteiger charge is -2.23. The largest absolute Gasteiger partial charge is 0.491 e. The molecule has 18 heavy (non-hydrogen) atoms. The highest BCUT2D eigenvalue weighted by molar-refractivity contribution is 6.35. The summed E-state index contributed by atoms with van der Waals surface area (Å²) in [5.74, 6) is 1.55. The predicted octanol–water partition coefficient (Wildman–Crippen LogP) is 2.81. The first-order valence-electron chi connectivity index (χ1n) is 7.11. The molecule has 1 atom stereocenters. The van der Waals surface area contributed by atoms with Crippen LogP contribution in [0.25, 0.3) is 0 Å².